The quantitative estimate of drug-likeness (QED) is 0.870. The van der Waals surface area contributed by atoms with Crippen molar-refractivity contribution in [3.8, 4) is 0 Å². The van der Waals surface area contributed by atoms with Gasteiger partial charge in [0.25, 0.3) is 5.91 Å². The Hall–Kier alpha value is -1.88. The van der Waals surface area contributed by atoms with E-state index >= 15 is 0 Å². The summed E-state index contributed by atoms with van der Waals surface area (Å²) in [5, 5.41) is 6.01. The number of amides is 2. The van der Waals surface area contributed by atoms with Crippen LogP contribution < -0.4 is 10.6 Å². The van der Waals surface area contributed by atoms with E-state index in [1.54, 1.807) is 0 Å². The van der Waals surface area contributed by atoms with E-state index in [0.717, 1.165) is 31.2 Å². The van der Waals surface area contributed by atoms with E-state index in [4.69, 9.17) is 4.74 Å². The lowest BCUT2D eigenvalue weighted by molar-refractivity contribution is -0.148. The first-order chi connectivity index (χ1) is 10.6. The highest BCUT2D eigenvalue weighted by Crippen LogP contribution is 2.40. The van der Waals surface area contributed by atoms with Crippen LogP contribution in [0.5, 0.6) is 0 Å². The summed E-state index contributed by atoms with van der Waals surface area (Å²) in [6.45, 7) is 2.05. The maximum Gasteiger partial charge on any atom is 0.252 e. The van der Waals surface area contributed by atoms with Crippen molar-refractivity contribution >= 4 is 11.8 Å². The van der Waals surface area contributed by atoms with Crippen molar-refractivity contribution in [3.05, 3.63) is 35.9 Å². The molecule has 2 amide bonds. The summed E-state index contributed by atoms with van der Waals surface area (Å²) in [5.41, 5.74) is 0.841. The Morgan fingerprint density at radius 3 is 2.73 bits per heavy atom. The highest BCUT2D eigenvalue weighted by Gasteiger charge is 2.46. The molecule has 0 spiro atoms. The van der Waals surface area contributed by atoms with Crippen molar-refractivity contribution in [2.75, 3.05) is 6.61 Å². The van der Waals surface area contributed by atoms with Gasteiger partial charge in [0, 0.05) is 5.54 Å². The molecule has 118 valence electrons. The predicted octanol–water partition coefficient (Wildman–Crippen LogP) is 1.69. The van der Waals surface area contributed by atoms with E-state index in [-0.39, 0.29) is 24.0 Å². The molecule has 5 nitrogen and oxygen atoms in total. The summed E-state index contributed by atoms with van der Waals surface area (Å²) in [7, 11) is 0. The number of carbonyl (C=O) groups excluding carboxylic acids is 2. The number of hydrogen-bond acceptors (Lipinski definition) is 3. The molecular formula is C17H22N2O3. The van der Waals surface area contributed by atoms with Crippen molar-refractivity contribution < 1.29 is 14.3 Å². The number of benzene rings is 1. The number of rotatable bonds is 5. The van der Waals surface area contributed by atoms with Gasteiger partial charge >= 0.3 is 0 Å². The van der Waals surface area contributed by atoms with Crippen LogP contribution in [0.2, 0.25) is 0 Å². The number of ether oxygens (including phenoxy) is 1. The van der Waals surface area contributed by atoms with E-state index in [2.05, 4.69) is 17.6 Å². The van der Waals surface area contributed by atoms with Crippen molar-refractivity contribution in [2.24, 2.45) is 0 Å². The second kappa shape index (κ2) is 6.08. The number of carbonyl (C=O) groups is 2. The lowest BCUT2D eigenvalue weighted by Crippen LogP contribution is -2.54. The van der Waals surface area contributed by atoms with Gasteiger partial charge in [-0.05, 0) is 24.8 Å². The minimum absolute atomic E-state index is 0.0438. The molecule has 0 aromatic heterocycles. The zero-order valence-electron chi connectivity index (χ0n) is 12.8. The summed E-state index contributed by atoms with van der Waals surface area (Å²) in [5.74, 6) is -0.313. The fraction of sp³-hybridized carbons (Fsp3) is 0.529. The Bertz CT molecular complexity index is 554. The van der Waals surface area contributed by atoms with E-state index in [0.29, 0.717) is 0 Å². The van der Waals surface area contributed by atoms with Gasteiger partial charge in [-0.1, -0.05) is 43.7 Å². The molecule has 5 heteroatoms. The largest absolute Gasteiger partial charge is 0.356 e. The van der Waals surface area contributed by atoms with Gasteiger partial charge in [-0.25, -0.2) is 0 Å². The zero-order valence-corrected chi connectivity index (χ0v) is 12.8. The third kappa shape index (κ3) is 3.14. The summed E-state index contributed by atoms with van der Waals surface area (Å²) < 4.78 is 5.55. The van der Waals surface area contributed by atoms with Crippen LogP contribution in [0.3, 0.4) is 0 Å². The van der Waals surface area contributed by atoms with Crippen molar-refractivity contribution in [3.63, 3.8) is 0 Å². The van der Waals surface area contributed by atoms with Gasteiger partial charge in [-0.15, -0.1) is 0 Å². The molecule has 0 unspecified atom stereocenters. The van der Waals surface area contributed by atoms with Crippen molar-refractivity contribution in [2.45, 2.75) is 50.3 Å². The monoisotopic (exact) mass is 302 g/mol. The average Bonchev–Trinajstić information content (AvgIpc) is 3.27. The van der Waals surface area contributed by atoms with Crippen LogP contribution in [0.15, 0.2) is 30.3 Å². The molecule has 2 fully saturated rings. The first-order valence-corrected chi connectivity index (χ1v) is 7.91. The van der Waals surface area contributed by atoms with Crippen LogP contribution in [0.25, 0.3) is 0 Å². The molecule has 1 aromatic carbocycles. The van der Waals surface area contributed by atoms with Gasteiger partial charge in [-0.3, -0.25) is 9.59 Å². The molecule has 0 radical (unpaired) electrons. The number of nitrogens with one attached hydrogen (secondary N) is 2. The lowest BCUT2D eigenvalue weighted by Gasteiger charge is -2.33. The molecule has 2 atom stereocenters. The Labute approximate surface area is 130 Å². The smallest absolute Gasteiger partial charge is 0.252 e. The van der Waals surface area contributed by atoms with Crippen molar-refractivity contribution in [1.29, 1.82) is 0 Å². The van der Waals surface area contributed by atoms with Gasteiger partial charge in [0.1, 0.15) is 6.61 Å². The molecular weight excluding hydrogens is 280 g/mol. The second-order valence-corrected chi connectivity index (χ2v) is 6.21. The van der Waals surface area contributed by atoms with Crippen LogP contribution in [0, 0.1) is 0 Å². The Morgan fingerprint density at radius 2 is 2.09 bits per heavy atom. The number of morpholine rings is 1. The molecule has 2 N–H and O–H groups in total. The maximum absolute atomic E-state index is 12.6. The van der Waals surface area contributed by atoms with Crippen LogP contribution in [0.1, 0.15) is 44.2 Å². The van der Waals surface area contributed by atoms with Crippen LogP contribution >= 0.6 is 0 Å². The third-order valence-corrected chi connectivity index (χ3v) is 4.40. The standard InChI is InChI=1S/C17H22N2O3/c1-2-8-17(9-10-17)19-16(21)15-14(18-13(20)11-22-15)12-6-4-3-5-7-12/h3-7,14-15H,2,8-11H2,1H3,(H,18,20)(H,19,21)/t14-,15+/m1/s1. The van der Waals surface area contributed by atoms with Gasteiger partial charge in [0.15, 0.2) is 6.10 Å². The maximum atomic E-state index is 12.6. The molecule has 22 heavy (non-hydrogen) atoms. The first kappa shape index (κ1) is 15.0. The molecule has 1 aromatic rings. The second-order valence-electron chi connectivity index (χ2n) is 6.21. The summed E-state index contributed by atoms with van der Waals surface area (Å²) >= 11 is 0. The average molecular weight is 302 g/mol. The van der Waals surface area contributed by atoms with Gasteiger partial charge in [-0.2, -0.15) is 0 Å². The van der Waals surface area contributed by atoms with Crippen LogP contribution in [-0.4, -0.2) is 30.1 Å². The third-order valence-electron chi connectivity index (χ3n) is 4.40. The summed E-state index contributed by atoms with van der Waals surface area (Å²) in [4.78, 5) is 24.3. The molecule has 2 aliphatic rings. The molecule has 1 heterocycles. The van der Waals surface area contributed by atoms with E-state index in [9.17, 15) is 9.59 Å². The SMILES string of the molecule is CCCC1(NC(=O)[C@H]2OCC(=O)N[C@@H]2c2ccccc2)CC1. The fourth-order valence-corrected chi connectivity index (χ4v) is 3.10. The molecule has 1 saturated carbocycles. The van der Waals surface area contributed by atoms with E-state index in [1.807, 2.05) is 30.3 Å². The number of hydrogen-bond donors (Lipinski definition) is 2. The molecule has 0 bridgehead atoms. The Kier molecular flexibility index (Phi) is 4.16. The Balaban J connectivity index is 1.75. The van der Waals surface area contributed by atoms with Gasteiger partial charge < -0.3 is 15.4 Å². The zero-order chi connectivity index (χ0) is 15.6. The van der Waals surface area contributed by atoms with E-state index in [1.165, 1.54) is 0 Å². The molecule has 3 rings (SSSR count). The minimum atomic E-state index is -0.672. The minimum Gasteiger partial charge on any atom is -0.356 e. The van der Waals surface area contributed by atoms with Crippen molar-refractivity contribution in [1.82, 2.24) is 10.6 Å². The normalized spacial score (nSPS) is 26.1. The molecule has 1 aliphatic heterocycles. The molecule has 1 saturated heterocycles. The highest BCUT2D eigenvalue weighted by atomic mass is 16.5. The van der Waals surface area contributed by atoms with Gasteiger partial charge in [0.2, 0.25) is 5.91 Å². The van der Waals surface area contributed by atoms with E-state index < -0.39 is 12.1 Å². The van der Waals surface area contributed by atoms with Crippen LogP contribution in [0.4, 0.5) is 0 Å². The first-order valence-electron chi connectivity index (χ1n) is 7.91. The summed E-state index contributed by atoms with van der Waals surface area (Å²) in [6.07, 6.45) is 3.43. The van der Waals surface area contributed by atoms with Gasteiger partial charge in [0.05, 0.1) is 6.04 Å². The van der Waals surface area contributed by atoms with Crippen LogP contribution in [-0.2, 0) is 14.3 Å². The summed E-state index contributed by atoms with van der Waals surface area (Å²) in [6, 6.07) is 9.07. The topological polar surface area (TPSA) is 67.4 Å². The lowest BCUT2D eigenvalue weighted by atomic mass is 9.98. The Morgan fingerprint density at radius 1 is 1.36 bits per heavy atom. The highest BCUT2D eigenvalue weighted by molar-refractivity contribution is 5.87. The predicted molar refractivity (Wildman–Crippen MR) is 82.1 cm³/mol. The fourth-order valence-electron chi connectivity index (χ4n) is 3.10. The molecule has 1 aliphatic carbocycles.